The summed E-state index contributed by atoms with van der Waals surface area (Å²) in [6.07, 6.45) is 3.37. The Kier molecular flexibility index (Phi) is 7.98. The van der Waals surface area contributed by atoms with Gasteiger partial charge >= 0.3 is 13.2 Å². The number of hydrogen-bond acceptors (Lipinski definition) is 7. The van der Waals surface area contributed by atoms with Crippen LogP contribution in [0.4, 0.5) is 9.18 Å². The predicted molar refractivity (Wildman–Crippen MR) is 128 cm³/mol. The molecule has 11 heteroatoms. The molecule has 192 valence electrons. The molecule has 9 nitrogen and oxygen atoms in total. The van der Waals surface area contributed by atoms with E-state index in [-0.39, 0.29) is 41.9 Å². The van der Waals surface area contributed by atoms with Crippen LogP contribution in [0.15, 0.2) is 35.9 Å². The number of nitriles is 1. The largest absolute Gasteiger partial charge is 0.475 e. The highest BCUT2D eigenvalue weighted by atomic mass is 19.1. The van der Waals surface area contributed by atoms with E-state index >= 15 is 0 Å². The first-order valence-electron chi connectivity index (χ1n) is 12.2. The van der Waals surface area contributed by atoms with E-state index in [1.807, 2.05) is 6.92 Å². The van der Waals surface area contributed by atoms with E-state index in [1.165, 1.54) is 24.3 Å². The molecule has 4 atom stereocenters. The van der Waals surface area contributed by atoms with E-state index in [2.05, 4.69) is 11.4 Å². The van der Waals surface area contributed by atoms with Crippen LogP contribution in [0.1, 0.15) is 31.7 Å². The minimum Gasteiger partial charge on any atom is -0.447 e. The standard InChI is InChI=1S/C25H31BFN3O6/c1-25(6-8-35-9-7-25)12-18(13-28)23(31)30-14-17-11-20(17)21(30)15-36-24(32)29-22(26(33)34)10-16-2-4-19(27)5-3-16/h2-5,12,17,20-22,33-34H,6-11,14-15H2,1H3,(H,29,32)/t17-,20-,21-,22-/m0/s1. The van der Waals surface area contributed by atoms with Gasteiger partial charge in [-0.15, -0.1) is 0 Å². The van der Waals surface area contributed by atoms with Crippen molar-refractivity contribution >= 4 is 19.1 Å². The zero-order valence-corrected chi connectivity index (χ0v) is 20.2. The quantitative estimate of drug-likeness (QED) is 0.281. The van der Waals surface area contributed by atoms with E-state index in [4.69, 9.17) is 9.47 Å². The fourth-order valence-electron chi connectivity index (χ4n) is 5.11. The molecule has 3 aliphatic rings. The smallest absolute Gasteiger partial charge is 0.447 e. The maximum absolute atomic E-state index is 13.3. The number of hydrogen-bond donors (Lipinski definition) is 3. The van der Waals surface area contributed by atoms with Gasteiger partial charge in [0.15, 0.2) is 0 Å². The molecule has 1 aromatic rings. The Hall–Kier alpha value is -2.94. The number of benzene rings is 1. The van der Waals surface area contributed by atoms with E-state index in [0.29, 0.717) is 31.2 Å². The van der Waals surface area contributed by atoms with Gasteiger partial charge in [-0.1, -0.05) is 25.1 Å². The molecular formula is C25H31BFN3O6. The number of ether oxygens (including phenoxy) is 2. The number of halogens is 1. The lowest BCUT2D eigenvalue weighted by molar-refractivity contribution is -0.129. The van der Waals surface area contributed by atoms with Crippen LogP contribution in [0.5, 0.6) is 0 Å². The van der Waals surface area contributed by atoms with Gasteiger partial charge in [0, 0.05) is 19.8 Å². The average molecular weight is 499 g/mol. The third-order valence-electron chi connectivity index (χ3n) is 7.46. The van der Waals surface area contributed by atoms with Gasteiger partial charge in [-0.2, -0.15) is 5.26 Å². The lowest BCUT2D eigenvalue weighted by atomic mass is 9.76. The summed E-state index contributed by atoms with van der Waals surface area (Å²) in [6, 6.07) is 7.20. The van der Waals surface area contributed by atoms with Crippen LogP contribution in [0.3, 0.4) is 0 Å². The molecule has 0 radical (unpaired) electrons. The molecular weight excluding hydrogens is 468 g/mol. The molecule has 2 heterocycles. The fourth-order valence-corrected chi connectivity index (χ4v) is 5.11. The van der Waals surface area contributed by atoms with Crippen LogP contribution < -0.4 is 5.32 Å². The molecule has 1 aliphatic carbocycles. The lowest BCUT2D eigenvalue weighted by Crippen LogP contribution is -2.49. The highest BCUT2D eigenvalue weighted by Crippen LogP contribution is 2.50. The summed E-state index contributed by atoms with van der Waals surface area (Å²) in [6.45, 7) is 3.65. The topological polar surface area (TPSA) is 132 Å². The molecule has 2 aliphatic heterocycles. The van der Waals surface area contributed by atoms with Gasteiger partial charge < -0.3 is 29.7 Å². The van der Waals surface area contributed by atoms with E-state index in [1.54, 1.807) is 11.0 Å². The summed E-state index contributed by atoms with van der Waals surface area (Å²) in [7, 11) is -1.85. The van der Waals surface area contributed by atoms with Crippen molar-refractivity contribution in [3.63, 3.8) is 0 Å². The SMILES string of the molecule is CC1(C=C(C#N)C(=O)N2C[C@@H]3C[C@@H]3[C@@H]2COC(=O)N[C@@H](Cc2ccc(F)cc2)B(O)O)CCOCC1. The molecule has 2 saturated heterocycles. The van der Waals surface area contributed by atoms with Gasteiger partial charge in [0.25, 0.3) is 5.91 Å². The summed E-state index contributed by atoms with van der Waals surface area (Å²) >= 11 is 0. The molecule has 1 aromatic carbocycles. The molecule has 0 spiro atoms. The second-order valence-electron chi connectivity index (χ2n) is 10.2. The molecule has 36 heavy (non-hydrogen) atoms. The third kappa shape index (κ3) is 6.24. The molecule has 0 aromatic heterocycles. The molecule has 3 N–H and O–H groups in total. The second kappa shape index (κ2) is 11.0. The normalized spacial score (nSPS) is 25.4. The number of fused-ring (bicyclic) bond motifs is 1. The summed E-state index contributed by atoms with van der Waals surface area (Å²) in [5.41, 5.74) is 0.424. The molecule has 1 saturated carbocycles. The maximum Gasteiger partial charge on any atom is 0.475 e. The number of piperidine rings is 1. The van der Waals surface area contributed by atoms with Crippen molar-refractivity contribution in [3.8, 4) is 6.07 Å². The first-order valence-corrected chi connectivity index (χ1v) is 12.2. The zero-order valence-electron chi connectivity index (χ0n) is 20.2. The van der Waals surface area contributed by atoms with Gasteiger partial charge in [-0.25, -0.2) is 9.18 Å². The van der Waals surface area contributed by atoms with Crippen LogP contribution in [-0.4, -0.2) is 72.4 Å². The summed E-state index contributed by atoms with van der Waals surface area (Å²) in [4.78, 5) is 27.3. The van der Waals surface area contributed by atoms with Crippen molar-refractivity contribution in [1.29, 1.82) is 5.26 Å². The van der Waals surface area contributed by atoms with Crippen LogP contribution in [0, 0.1) is 34.4 Å². The van der Waals surface area contributed by atoms with Gasteiger partial charge in [-0.3, -0.25) is 4.79 Å². The Morgan fingerprint density at radius 2 is 2.06 bits per heavy atom. The number of rotatable bonds is 8. The fraction of sp³-hybridized carbons (Fsp3) is 0.560. The average Bonchev–Trinajstić information content (AvgIpc) is 3.53. The minimum atomic E-state index is -1.85. The van der Waals surface area contributed by atoms with E-state index < -0.39 is 25.0 Å². The Balaban J connectivity index is 1.36. The monoisotopic (exact) mass is 499 g/mol. The van der Waals surface area contributed by atoms with Crippen LogP contribution >= 0.6 is 0 Å². The number of alkyl carbamates (subject to hydrolysis) is 1. The van der Waals surface area contributed by atoms with Crippen molar-refractivity contribution < 1.29 is 33.5 Å². The number of nitrogens with one attached hydrogen (secondary N) is 1. The Labute approximate surface area is 210 Å². The number of likely N-dealkylation sites (tertiary alicyclic amines) is 1. The van der Waals surface area contributed by atoms with Crippen molar-refractivity contribution in [3.05, 3.63) is 47.3 Å². The number of carbonyl (C=O) groups is 2. The van der Waals surface area contributed by atoms with Crippen molar-refractivity contribution in [1.82, 2.24) is 10.2 Å². The first-order chi connectivity index (χ1) is 17.2. The number of allylic oxidation sites excluding steroid dienone is 1. The Morgan fingerprint density at radius 1 is 1.36 bits per heavy atom. The van der Waals surface area contributed by atoms with Crippen molar-refractivity contribution in [2.75, 3.05) is 26.4 Å². The van der Waals surface area contributed by atoms with E-state index in [9.17, 15) is 29.3 Å². The van der Waals surface area contributed by atoms with Crippen molar-refractivity contribution in [2.45, 2.75) is 44.6 Å². The van der Waals surface area contributed by atoms with E-state index in [0.717, 1.165) is 19.3 Å². The number of nitrogens with zero attached hydrogens (tertiary/aromatic N) is 2. The van der Waals surface area contributed by atoms with Gasteiger partial charge in [-0.05, 0) is 60.6 Å². The zero-order chi connectivity index (χ0) is 25.9. The van der Waals surface area contributed by atoms with Crippen molar-refractivity contribution in [2.24, 2.45) is 17.3 Å². The first kappa shape index (κ1) is 26.1. The number of carbonyl (C=O) groups excluding carboxylic acids is 2. The van der Waals surface area contributed by atoms with Gasteiger partial charge in [0.2, 0.25) is 0 Å². The predicted octanol–water partition coefficient (Wildman–Crippen LogP) is 1.59. The molecule has 0 bridgehead atoms. The highest BCUT2D eigenvalue weighted by molar-refractivity contribution is 6.43. The van der Waals surface area contributed by atoms with Crippen LogP contribution in [0.25, 0.3) is 0 Å². The highest BCUT2D eigenvalue weighted by Gasteiger charge is 2.54. The molecule has 3 fully saturated rings. The third-order valence-corrected chi connectivity index (χ3v) is 7.46. The van der Waals surface area contributed by atoms with Crippen LogP contribution in [-0.2, 0) is 20.7 Å². The molecule has 2 amide bonds. The maximum atomic E-state index is 13.3. The summed E-state index contributed by atoms with van der Waals surface area (Å²) < 4.78 is 23.9. The number of amides is 2. The summed E-state index contributed by atoms with van der Waals surface area (Å²) in [5.74, 6) is -1.30. The second-order valence-corrected chi connectivity index (χ2v) is 10.2. The van der Waals surface area contributed by atoms with Crippen LogP contribution in [0.2, 0.25) is 0 Å². The molecule has 0 unspecified atom stereocenters. The molecule has 4 rings (SSSR count). The Morgan fingerprint density at radius 3 is 2.69 bits per heavy atom. The summed E-state index contributed by atoms with van der Waals surface area (Å²) in [5, 5.41) is 31.5. The van der Waals surface area contributed by atoms with Gasteiger partial charge in [0.05, 0.1) is 12.0 Å². The lowest BCUT2D eigenvalue weighted by Gasteiger charge is -2.32. The minimum absolute atomic E-state index is 0.0614. The Bertz CT molecular complexity index is 1040. The van der Waals surface area contributed by atoms with Gasteiger partial charge in [0.1, 0.15) is 24.1 Å².